The molecule has 3 heterocycles. The lowest BCUT2D eigenvalue weighted by atomic mass is 9.65. The van der Waals surface area contributed by atoms with E-state index in [-0.39, 0.29) is 17.6 Å². The highest BCUT2D eigenvalue weighted by molar-refractivity contribution is 5.06. The molecule has 0 aliphatic carbocycles. The van der Waals surface area contributed by atoms with Crippen LogP contribution in [0.3, 0.4) is 0 Å². The molecule has 3 rings (SSSR count). The molecule has 4 unspecified atom stereocenters. The number of rotatable bonds is 3. The first-order chi connectivity index (χ1) is 8.26. The van der Waals surface area contributed by atoms with E-state index in [0.717, 1.165) is 45.3 Å². The van der Waals surface area contributed by atoms with Crippen LogP contribution in [0.4, 0.5) is 0 Å². The first kappa shape index (κ1) is 11.9. The van der Waals surface area contributed by atoms with Gasteiger partial charge in [0.1, 0.15) is 0 Å². The third kappa shape index (κ3) is 1.82. The molecule has 3 aliphatic heterocycles. The third-order valence-electron chi connectivity index (χ3n) is 5.04. The molecule has 0 amide bonds. The maximum absolute atomic E-state index is 10.7. The standard InChI is InChI=1S/C13H23NO3/c14-8-13(7-10-1-2-11(13)17-10)12(15)9-3-5-16-6-4-9/h9-12,15H,1-8,14H2. The Kier molecular flexibility index (Phi) is 3.15. The van der Waals surface area contributed by atoms with E-state index in [2.05, 4.69) is 0 Å². The SMILES string of the molecule is NCC1(C(O)C2CCOCC2)CC2CCC1O2. The van der Waals surface area contributed by atoms with Gasteiger partial charge in [-0.2, -0.15) is 0 Å². The highest BCUT2D eigenvalue weighted by Gasteiger charge is 2.56. The summed E-state index contributed by atoms with van der Waals surface area (Å²) in [6.07, 6.45) is 5.31. The second-order valence-electron chi connectivity index (χ2n) is 5.86. The average molecular weight is 241 g/mol. The van der Waals surface area contributed by atoms with Crippen LogP contribution >= 0.6 is 0 Å². The van der Waals surface area contributed by atoms with Gasteiger partial charge >= 0.3 is 0 Å². The minimum atomic E-state index is -0.313. The van der Waals surface area contributed by atoms with E-state index >= 15 is 0 Å². The molecule has 3 fully saturated rings. The van der Waals surface area contributed by atoms with Gasteiger partial charge in [-0.3, -0.25) is 0 Å². The molecule has 0 saturated carbocycles. The summed E-state index contributed by atoms with van der Waals surface area (Å²) < 4.78 is 11.3. The van der Waals surface area contributed by atoms with Crippen LogP contribution in [0.1, 0.15) is 32.1 Å². The summed E-state index contributed by atoms with van der Waals surface area (Å²) in [6, 6.07) is 0. The minimum Gasteiger partial charge on any atom is -0.392 e. The van der Waals surface area contributed by atoms with Gasteiger partial charge in [-0.05, 0) is 38.0 Å². The summed E-state index contributed by atoms with van der Waals surface area (Å²) in [6.45, 7) is 2.10. The van der Waals surface area contributed by atoms with Crippen molar-refractivity contribution in [1.29, 1.82) is 0 Å². The third-order valence-corrected chi connectivity index (χ3v) is 5.04. The van der Waals surface area contributed by atoms with Crippen LogP contribution in [0.15, 0.2) is 0 Å². The Morgan fingerprint density at radius 3 is 2.53 bits per heavy atom. The average Bonchev–Trinajstić information content (AvgIpc) is 2.99. The van der Waals surface area contributed by atoms with E-state index < -0.39 is 0 Å². The predicted octanol–water partition coefficient (Wildman–Crippen LogP) is 0.670. The summed E-state index contributed by atoms with van der Waals surface area (Å²) in [4.78, 5) is 0. The van der Waals surface area contributed by atoms with Crippen molar-refractivity contribution >= 4 is 0 Å². The van der Waals surface area contributed by atoms with Crippen molar-refractivity contribution < 1.29 is 14.6 Å². The van der Waals surface area contributed by atoms with Gasteiger partial charge in [0.15, 0.2) is 0 Å². The fourth-order valence-electron chi connectivity index (χ4n) is 3.98. The molecule has 3 N–H and O–H groups in total. The number of aliphatic hydroxyl groups excluding tert-OH is 1. The second kappa shape index (κ2) is 4.50. The molecular formula is C13H23NO3. The fraction of sp³-hybridized carbons (Fsp3) is 1.00. The quantitative estimate of drug-likeness (QED) is 0.762. The Labute approximate surface area is 102 Å². The molecule has 0 spiro atoms. The van der Waals surface area contributed by atoms with E-state index in [0.29, 0.717) is 18.6 Å². The maximum Gasteiger partial charge on any atom is 0.0674 e. The topological polar surface area (TPSA) is 64.7 Å². The lowest BCUT2D eigenvalue weighted by Gasteiger charge is -2.43. The van der Waals surface area contributed by atoms with E-state index in [1.165, 1.54) is 0 Å². The second-order valence-corrected chi connectivity index (χ2v) is 5.86. The monoisotopic (exact) mass is 241 g/mol. The van der Waals surface area contributed by atoms with Gasteiger partial charge in [0.25, 0.3) is 0 Å². The molecule has 2 bridgehead atoms. The van der Waals surface area contributed by atoms with E-state index in [1.807, 2.05) is 0 Å². The van der Waals surface area contributed by atoms with Crippen LogP contribution in [-0.2, 0) is 9.47 Å². The van der Waals surface area contributed by atoms with Crippen LogP contribution < -0.4 is 5.73 Å². The highest BCUT2D eigenvalue weighted by atomic mass is 16.5. The lowest BCUT2D eigenvalue weighted by Crippen LogP contribution is -2.52. The van der Waals surface area contributed by atoms with Gasteiger partial charge in [-0.1, -0.05) is 0 Å². The Morgan fingerprint density at radius 1 is 1.24 bits per heavy atom. The molecule has 3 aliphatic rings. The first-order valence-corrected chi connectivity index (χ1v) is 6.87. The molecule has 0 radical (unpaired) electrons. The molecule has 0 aromatic carbocycles. The number of hydrogen-bond donors (Lipinski definition) is 2. The summed E-state index contributed by atoms with van der Waals surface area (Å²) >= 11 is 0. The van der Waals surface area contributed by atoms with Crippen molar-refractivity contribution in [2.75, 3.05) is 19.8 Å². The minimum absolute atomic E-state index is 0.176. The Morgan fingerprint density at radius 2 is 2.00 bits per heavy atom. The van der Waals surface area contributed by atoms with Crippen molar-refractivity contribution in [3.63, 3.8) is 0 Å². The molecule has 4 heteroatoms. The molecule has 0 aromatic rings. The molecule has 4 nitrogen and oxygen atoms in total. The van der Waals surface area contributed by atoms with Gasteiger partial charge in [0, 0.05) is 25.2 Å². The van der Waals surface area contributed by atoms with Crippen molar-refractivity contribution in [1.82, 2.24) is 0 Å². The molecule has 17 heavy (non-hydrogen) atoms. The molecular weight excluding hydrogens is 218 g/mol. The smallest absolute Gasteiger partial charge is 0.0674 e. The summed E-state index contributed by atoms with van der Waals surface area (Å²) in [5, 5.41) is 10.7. The van der Waals surface area contributed by atoms with Gasteiger partial charge < -0.3 is 20.3 Å². The number of hydrogen-bond acceptors (Lipinski definition) is 4. The Balaban J connectivity index is 1.75. The zero-order valence-electron chi connectivity index (χ0n) is 10.3. The number of aliphatic hydroxyl groups is 1. The van der Waals surface area contributed by atoms with Crippen molar-refractivity contribution in [2.45, 2.75) is 50.4 Å². The summed E-state index contributed by atoms with van der Waals surface area (Å²) in [5.74, 6) is 0.343. The van der Waals surface area contributed by atoms with Crippen molar-refractivity contribution in [2.24, 2.45) is 17.1 Å². The normalized spacial score (nSPS) is 44.1. The van der Waals surface area contributed by atoms with Gasteiger partial charge in [0.05, 0.1) is 18.3 Å². The highest BCUT2D eigenvalue weighted by Crippen LogP contribution is 2.51. The fourth-order valence-corrected chi connectivity index (χ4v) is 3.98. The molecule has 98 valence electrons. The van der Waals surface area contributed by atoms with E-state index in [9.17, 15) is 5.11 Å². The van der Waals surface area contributed by atoms with Gasteiger partial charge in [-0.25, -0.2) is 0 Å². The largest absolute Gasteiger partial charge is 0.392 e. The van der Waals surface area contributed by atoms with E-state index in [1.54, 1.807) is 0 Å². The number of ether oxygens (including phenoxy) is 2. The first-order valence-electron chi connectivity index (χ1n) is 6.87. The molecule has 0 aromatic heterocycles. The van der Waals surface area contributed by atoms with Crippen LogP contribution in [0, 0.1) is 11.3 Å². The van der Waals surface area contributed by atoms with Crippen LogP contribution in [0.2, 0.25) is 0 Å². The Hall–Kier alpha value is -0.160. The van der Waals surface area contributed by atoms with Gasteiger partial charge in [-0.15, -0.1) is 0 Å². The molecule has 3 saturated heterocycles. The zero-order valence-corrected chi connectivity index (χ0v) is 10.3. The summed E-state index contributed by atoms with van der Waals surface area (Å²) in [5.41, 5.74) is 5.82. The summed E-state index contributed by atoms with van der Waals surface area (Å²) in [7, 11) is 0. The van der Waals surface area contributed by atoms with Crippen molar-refractivity contribution in [3.8, 4) is 0 Å². The van der Waals surface area contributed by atoms with Crippen LogP contribution in [0.5, 0.6) is 0 Å². The number of fused-ring (bicyclic) bond motifs is 2. The van der Waals surface area contributed by atoms with Gasteiger partial charge in [0.2, 0.25) is 0 Å². The number of nitrogens with two attached hydrogens (primary N) is 1. The predicted molar refractivity (Wildman–Crippen MR) is 63.5 cm³/mol. The zero-order chi connectivity index (χ0) is 11.9. The Bertz CT molecular complexity index is 280. The van der Waals surface area contributed by atoms with E-state index in [4.69, 9.17) is 15.2 Å². The van der Waals surface area contributed by atoms with Crippen LogP contribution in [-0.4, -0.2) is 43.2 Å². The lowest BCUT2D eigenvalue weighted by molar-refractivity contribution is -0.0810. The van der Waals surface area contributed by atoms with Crippen molar-refractivity contribution in [3.05, 3.63) is 0 Å². The maximum atomic E-state index is 10.7. The van der Waals surface area contributed by atoms with Crippen LogP contribution in [0.25, 0.3) is 0 Å². The molecule has 4 atom stereocenters.